The van der Waals surface area contributed by atoms with Crippen molar-refractivity contribution in [3.05, 3.63) is 65.7 Å². The minimum Gasteiger partial charge on any atom is -0.357 e. The van der Waals surface area contributed by atoms with E-state index in [9.17, 15) is 4.79 Å². The molecule has 1 heterocycles. The van der Waals surface area contributed by atoms with E-state index in [0.717, 1.165) is 36.9 Å². The van der Waals surface area contributed by atoms with Crippen molar-refractivity contribution < 1.29 is 4.79 Å². The van der Waals surface area contributed by atoms with Crippen molar-refractivity contribution in [2.24, 2.45) is 10.9 Å². The second-order valence-electron chi connectivity index (χ2n) is 7.17. The van der Waals surface area contributed by atoms with Crippen LogP contribution < -0.4 is 10.6 Å². The van der Waals surface area contributed by atoms with Crippen molar-refractivity contribution in [3.8, 4) is 0 Å². The maximum atomic E-state index is 11.8. The molecule has 1 saturated heterocycles. The van der Waals surface area contributed by atoms with Crippen LogP contribution in [0.2, 0.25) is 0 Å². The van der Waals surface area contributed by atoms with Crippen LogP contribution in [-0.2, 0) is 6.54 Å². The zero-order valence-corrected chi connectivity index (χ0v) is 20.8. The molecule has 0 saturated carbocycles. The first kappa shape index (κ1) is 24.5. The molecule has 2 aromatic carbocycles. The summed E-state index contributed by atoms with van der Waals surface area (Å²) in [5.74, 6) is 2.69. The third-order valence-electron chi connectivity index (χ3n) is 4.98. The van der Waals surface area contributed by atoms with E-state index in [1.165, 1.54) is 11.3 Å². The highest BCUT2D eigenvalue weighted by Gasteiger charge is 2.24. The van der Waals surface area contributed by atoms with E-state index in [1.807, 2.05) is 36.0 Å². The van der Waals surface area contributed by atoms with Gasteiger partial charge in [-0.15, -0.1) is 35.7 Å². The highest BCUT2D eigenvalue weighted by molar-refractivity contribution is 14.0. The van der Waals surface area contributed by atoms with Crippen LogP contribution in [0.1, 0.15) is 29.3 Å². The number of carbonyl (C=O) groups is 1. The number of likely N-dealkylation sites (tertiary alicyclic amines) is 1. The topological polar surface area (TPSA) is 56.7 Å². The molecule has 162 valence electrons. The normalized spacial score (nSPS) is 16.1. The molecule has 1 unspecified atom stereocenters. The Kier molecular flexibility index (Phi) is 10.5. The number of rotatable bonds is 7. The van der Waals surface area contributed by atoms with E-state index < -0.39 is 0 Å². The van der Waals surface area contributed by atoms with Gasteiger partial charge in [0.05, 0.1) is 6.54 Å². The van der Waals surface area contributed by atoms with Gasteiger partial charge in [-0.2, -0.15) is 0 Å². The number of halogens is 1. The summed E-state index contributed by atoms with van der Waals surface area (Å²) in [6.07, 6.45) is 1.19. The smallest absolute Gasteiger partial charge is 0.251 e. The molecule has 7 heteroatoms. The van der Waals surface area contributed by atoms with Gasteiger partial charge < -0.3 is 15.5 Å². The van der Waals surface area contributed by atoms with Gasteiger partial charge in [-0.1, -0.05) is 30.3 Å². The summed E-state index contributed by atoms with van der Waals surface area (Å²) in [5.41, 5.74) is 1.71. The van der Waals surface area contributed by atoms with Gasteiger partial charge in [0.15, 0.2) is 5.96 Å². The van der Waals surface area contributed by atoms with Crippen molar-refractivity contribution in [1.82, 2.24) is 15.5 Å². The molecule has 30 heavy (non-hydrogen) atoms. The molecule has 1 fully saturated rings. The number of hydrogen-bond donors (Lipinski definition) is 2. The van der Waals surface area contributed by atoms with Crippen molar-refractivity contribution in [1.29, 1.82) is 0 Å². The lowest BCUT2D eigenvalue weighted by atomic mass is 10.1. The van der Waals surface area contributed by atoms with Gasteiger partial charge in [-0.3, -0.25) is 4.79 Å². The Balaban J connectivity index is 0.00000320. The average Bonchev–Trinajstić information content (AvgIpc) is 3.24. The van der Waals surface area contributed by atoms with Gasteiger partial charge in [0.1, 0.15) is 0 Å². The molecule has 0 aliphatic carbocycles. The number of amides is 1. The van der Waals surface area contributed by atoms with Crippen LogP contribution in [0, 0.1) is 5.92 Å². The van der Waals surface area contributed by atoms with Crippen LogP contribution >= 0.6 is 35.7 Å². The summed E-state index contributed by atoms with van der Waals surface area (Å²) >= 11 is 1.94. The third-order valence-corrected chi connectivity index (χ3v) is 6.22. The summed E-state index contributed by atoms with van der Waals surface area (Å²) in [7, 11) is 1.65. The number of nitrogens with zero attached hydrogens (tertiary/aromatic N) is 2. The molecular formula is C23H31IN4OS. The molecule has 1 amide bonds. The maximum Gasteiger partial charge on any atom is 0.251 e. The Bertz CT molecular complexity index is 831. The summed E-state index contributed by atoms with van der Waals surface area (Å²) in [5, 5.41) is 6.10. The number of nitrogens with one attached hydrogen (secondary N) is 2. The van der Waals surface area contributed by atoms with Gasteiger partial charge in [-0.25, -0.2) is 4.99 Å². The molecule has 0 bridgehead atoms. The zero-order valence-electron chi connectivity index (χ0n) is 17.6. The first-order chi connectivity index (χ1) is 14.2. The molecule has 0 radical (unpaired) electrons. The van der Waals surface area contributed by atoms with E-state index in [0.29, 0.717) is 18.0 Å². The van der Waals surface area contributed by atoms with Crippen LogP contribution in [-0.4, -0.2) is 49.2 Å². The third kappa shape index (κ3) is 7.19. The molecule has 3 rings (SSSR count). The molecule has 2 aromatic rings. The van der Waals surface area contributed by atoms with Crippen LogP contribution in [0.4, 0.5) is 0 Å². The number of carbonyl (C=O) groups excluding carboxylic acids is 1. The molecule has 2 N–H and O–H groups in total. The fourth-order valence-corrected chi connectivity index (χ4v) is 4.49. The van der Waals surface area contributed by atoms with Crippen LogP contribution in [0.15, 0.2) is 64.5 Å². The summed E-state index contributed by atoms with van der Waals surface area (Å²) in [4.78, 5) is 20.4. The second kappa shape index (κ2) is 12.8. The maximum absolute atomic E-state index is 11.8. The largest absolute Gasteiger partial charge is 0.357 e. The van der Waals surface area contributed by atoms with Gasteiger partial charge in [0, 0.05) is 42.9 Å². The quantitative estimate of drug-likeness (QED) is 0.240. The minimum atomic E-state index is -0.0685. The molecule has 0 aromatic heterocycles. The van der Waals surface area contributed by atoms with Gasteiger partial charge in [0.2, 0.25) is 0 Å². The number of benzene rings is 2. The first-order valence-corrected chi connectivity index (χ1v) is 11.2. The fraction of sp³-hybridized carbons (Fsp3) is 0.391. The van der Waals surface area contributed by atoms with E-state index in [1.54, 1.807) is 7.05 Å². The van der Waals surface area contributed by atoms with Crippen molar-refractivity contribution >= 4 is 47.6 Å². The van der Waals surface area contributed by atoms with Gasteiger partial charge in [0.25, 0.3) is 5.91 Å². The van der Waals surface area contributed by atoms with E-state index >= 15 is 0 Å². The average molecular weight is 538 g/mol. The van der Waals surface area contributed by atoms with Crippen molar-refractivity contribution in [2.75, 3.05) is 32.4 Å². The number of hydrogen-bond acceptors (Lipinski definition) is 3. The fourth-order valence-electron chi connectivity index (χ4n) is 3.44. The minimum absolute atomic E-state index is 0. The van der Waals surface area contributed by atoms with Gasteiger partial charge in [-0.05, 0) is 49.1 Å². The number of guanidine groups is 1. The highest BCUT2D eigenvalue weighted by atomic mass is 127. The Labute approximate surface area is 201 Å². The SMILES string of the molecule is CCNC(=NCc1cccc(C(=O)NC)c1)N1CCC(CSc2ccccc2)C1.I. The predicted octanol–water partition coefficient (Wildman–Crippen LogP) is 4.24. The molecule has 1 aliphatic heterocycles. The van der Waals surface area contributed by atoms with E-state index in [-0.39, 0.29) is 29.9 Å². The lowest BCUT2D eigenvalue weighted by molar-refractivity contribution is 0.0963. The van der Waals surface area contributed by atoms with E-state index in [4.69, 9.17) is 4.99 Å². The predicted molar refractivity (Wildman–Crippen MR) is 137 cm³/mol. The van der Waals surface area contributed by atoms with Gasteiger partial charge >= 0.3 is 0 Å². The Morgan fingerprint density at radius 2 is 2.00 bits per heavy atom. The standard InChI is InChI=1S/C23H30N4OS.HI/c1-3-25-23(26-15-18-8-7-9-20(14-18)22(28)24-2)27-13-12-19(16-27)17-29-21-10-5-4-6-11-21;/h4-11,14,19H,3,12-13,15-17H2,1-2H3,(H,24,28)(H,25,26);1H. The van der Waals surface area contributed by atoms with Crippen molar-refractivity contribution in [2.45, 2.75) is 24.8 Å². The lowest BCUT2D eigenvalue weighted by Crippen LogP contribution is -2.40. The Hall–Kier alpha value is -1.74. The second-order valence-corrected chi connectivity index (χ2v) is 8.27. The Morgan fingerprint density at radius 1 is 1.20 bits per heavy atom. The summed E-state index contributed by atoms with van der Waals surface area (Å²) < 4.78 is 0. The highest BCUT2D eigenvalue weighted by Crippen LogP contribution is 2.26. The Morgan fingerprint density at radius 3 is 2.73 bits per heavy atom. The number of aliphatic imine (C=N–C) groups is 1. The zero-order chi connectivity index (χ0) is 20.5. The monoisotopic (exact) mass is 538 g/mol. The number of thioether (sulfide) groups is 1. The first-order valence-electron chi connectivity index (χ1n) is 10.2. The van der Waals surface area contributed by atoms with Crippen LogP contribution in [0.5, 0.6) is 0 Å². The molecule has 1 atom stereocenters. The summed E-state index contributed by atoms with van der Waals surface area (Å²) in [6, 6.07) is 18.3. The molecule has 0 spiro atoms. The molecule has 5 nitrogen and oxygen atoms in total. The molecular weight excluding hydrogens is 507 g/mol. The lowest BCUT2D eigenvalue weighted by Gasteiger charge is -2.21. The van der Waals surface area contributed by atoms with Crippen LogP contribution in [0.3, 0.4) is 0 Å². The van der Waals surface area contributed by atoms with Crippen LogP contribution in [0.25, 0.3) is 0 Å². The summed E-state index contributed by atoms with van der Waals surface area (Å²) in [6.45, 7) is 5.57. The molecule has 1 aliphatic rings. The van der Waals surface area contributed by atoms with Crippen molar-refractivity contribution in [3.63, 3.8) is 0 Å². The van der Waals surface area contributed by atoms with E-state index in [2.05, 4.69) is 52.8 Å².